The summed E-state index contributed by atoms with van der Waals surface area (Å²) in [5.74, 6) is 0.499. The lowest BCUT2D eigenvalue weighted by Gasteiger charge is -2.07. The standard InChI is InChI=1S/C15H13ClN2O3S/c1-10-18-14-7-6-13(8-15(14)21-10)22(19,20)17-9-11-2-4-12(16)5-3-11/h2-8,17H,9H2,1H3. The number of rotatable bonds is 4. The average molecular weight is 337 g/mol. The van der Waals surface area contributed by atoms with Crippen molar-refractivity contribution in [3.8, 4) is 0 Å². The summed E-state index contributed by atoms with van der Waals surface area (Å²) in [4.78, 5) is 4.29. The van der Waals surface area contributed by atoms with Gasteiger partial charge in [-0.15, -0.1) is 0 Å². The van der Waals surface area contributed by atoms with Crippen LogP contribution in [0.4, 0.5) is 0 Å². The molecule has 3 rings (SSSR count). The number of sulfonamides is 1. The molecule has 114 valence electrons. The summed E-state index contributed by atoms with van der Waals surface area (Å²) in [6.45, 7) is 1.90. The summed E-state index contributed by atoms with van der Waals surface area (Å²) >= 11 is 5.80. The van der Waals surface area contributed by atoms with Crippen LogP contribution in [0.3, 0.4) is 0 Å². The lowest BCUT2D eigenvalue weighted by molar-refractivity contribution is 0.558. The third-order valence-corrected chi connectivity index (χ3v) is 4.81. The Morgan fingerprint density at radius 3 is 2.64 bits per heavy atom. The smallest absolute Gasteiger partial charge is 0.241 e. The second-order valence-electron chi connectivity index (χ2n) is 4.81. The summed E-state index contributed by atoms with van der Waals surface area (Å²) in [5.41, 5.74) is 1.91. The first-order valence-electron chi connectivity index (χ1n) is 6.55. The average Bonchev–Trinajstić information content (AvgIpc) is 2.86. The maximum Gasteiger partial charge on any atom is 0.241 e. The molecule has 1 heterocycles. The van der Waals surface area contributed by atoms with E-state index >= 15 is 0 Å². The fourth-order valence-corrected chi connectivity index (χ4v) is 3.21. The fraction of sp³-hybridized carbons (Fsp3) is 0.133. The number of hydrogen-bond acceptors (Lipinski definition) is 4. The number of benzene rings is 2. The molecule has 0 amide bonds. The van der Waals surface area contributed by atoms with Gasteiger partial charge in [0.2, 0.25) is 10.0 Å². The van der Waals surface area contributed by atoms with E-state index in [1.54, 1.807) is 37.3 Å². The van der Waals surface area contributed by atoms with Crippen LogP contribution < -0.4 is 4.72 Å². The number of aryl methyl sites for hydroxylation is 1. The normalized spacial score (nSPS) is 11.9. The van der Waals surface area contributed by atoms with Crippen molar-refractivity contribution in [2.24, 2.45) is 0 Å². The van der Waals surface area contributed by atoms with E-state index in [0.29, 0.717) is 22.0 Å². The van der Waals surface area contributed by atoms with Crippen LogP contribution in [0, 0.1) is 6.92 Å². The van der Waals surface area contributed by atoms with E-state index in [1.807, 2.05) is 0 Å². The van der Waals surface area contributed by atoms with Gasteiger partial charge in [0, 0.05) is 24.6 Å². The van der Waals surface area contributed by atoms with Gasteiger partial charge in [-0.3, -0.25) is 0 Å². The van der Waals surface area contributed by atoms with E-state index < -0.39 is 10.0 Å². The molecule has 0 spiro atoms. The van der Waals surface area contributed by atoms with Gasteiger partial charge in [-0.2, -0.15) is 0 Å². The van der Waals surface area contributed by atoms with Gasteiger partial charge < -0.3 is 4.42 Å². The van der Waals surface area contributed by atoms with Crippen LogP contribution in [0.2, 0.25) is 5.02 Å². The highest BCUT2D eigenvalue weighted by molar-refractivity contribution is 7.89. The van der Waals surface area contributed by atoms with Crippen molar-refractivity contribution < 1.29 is 12.8 Å². The zero-order chi connectivity index (χ0) is 15.7. The third kappa shape index (κ3) is 3.14. The Morgan fingerprint density at radius 1 is 1.18 bits per heavy atom. The van der Waals surface area contributed by atoms with Gasteiger partial charge in [-0.25, -0.2) is 18.1 Å². The van der Waals surface area contributed by atoms with E-state index in [4.69, 9.17) is 16.0 Å². The Kier molecular flexibility index (Phi) is 3.90. The SMILES string of the molecule is Cc1nc2ccc(S(=O)(=O)NCc3ccc(Cl)cc3)cc2o1. The molecule has 0 saturated carbocycles. The number of nitrogens with one attached hydrogen (secondary N) is 1. The van der Waals surface area contributed by atoms with Gasteiger partial charge in [0.15, 0.2) is 11.5 Å². The highest BCUT2D eigenvalue weighted by atomic mass is 35.5. The molecule has 5 nitrogen and oxygen atoms in total. The van der Waals surface area contributed by atoms with Gasteiger partial charge in [0.25, 0.3) is 0 Å². The fourth-order valence-electron chi connectivity index (χ4n) is 2.05. The predicted octanol–water partition coefficient (Wildman–Crippen LogP) is 3.27. The summed E-state index contributed by atoms with van der Waals surface area (Å²) in [7, 11) is -3.62. The quantitative estimate of drug-likeness (QED) is 0.793. The van der Waals surface area contributed by atoms with Crippen LogP contribution in [0.1, 0.15) is 11.5 Å². The Hall–Kier alpha value is -1.89. The van der Waals surface area contributed by atoms with Gasteiger partial charge >= 0.3 is 0 Å². The maximum atomic E-state index is 12.3. The molecule has 0 saturated heterocycles. The van der Waals surface area contributed by atoms with E-state index in [2.05, 4.69) is 9.71 Å². The number of fused-ring (bicyclic) bond motifs is 1. The Balaban J connectivity index is 1.82. The van der Waals surface area contributed by atoms with Gasteiger partial charge in [0.05, 0.1) is 4.90 Å². The largest absolute Gasteiger partial charge is 0.441 e. The number of nitrogens with zero attached hydrogens (tertiary/aromatic N) is 1. The molecule has 1 aromatic heterocycles. The zero-order valence-corrected chi connectivity index (χ0v) is 13.3. The highest BCUT2D eigenvalue weighted by Crippen LogP contribution is 2.20. The molecule has 0 unspecified atom stereocenters. The molecule has 7 heteroatoms. The minimum absolute atomic E-state index is 0.144. The van der Waals surface area contributed by atoms with Crippen molar-refractivity contribution >= 4 is 32.7 Å². The number of hydrogen-bond donors (Lipinski definition) is 1. The predicted molar refractivity (Wildman–Crippen MR) is 84.2 cm³/mol. The second-order valence-corrected chi connectivity index (χ2v) is 7.02. The van der Waals surface area contributed by atoms with Crippen LogP contribution in [0.25, 0.3) is 11.1 Å². The maximum absolute atomic E-state index is 12.3. The minimum Gasteiger partial charge on any atom is -0.441 e. The van der Waals surface area contributed by atoms with Crippen LogP contribution >= 0.6 is 11.6 Å². The number of halogens is 1. The van der Waals surface area contributed by atoms with Gasteiger partial charge in [-0.05, 0) is 29.8 Å². The summed E-state index contributed by atoms with van der Waals surface area (Å²) in [6.07, 6.45) is 0. The lowest BCUT2D eigenvalue weighted by atomic mass is 10.2. The minimum atomic E-state index is -3.62. The molecule has 0 fully saturated rings. The number of oxazole rings is 1. The summed E-state index contributed by atoms with van der Waals surface area (Å²) in [6, 6.07) is 11.6. The molecule has 0 bridgehead atoms. The van der Waals surface area contributed by atoms with Crippen molar-refractivity contribution in [2.45, 2.75) is 18.4 Å². The summed E-state index contributed by atoms with van der Waals surface area (Å²) in [5, 5.41) is 0.609. The van der Waals surface area contributed by atoms with E-state index in [1.165, 1.54) is 12.1 Å². The van der Waals surface area contributed by atoms with Crippen molar-refractivity contribution in [3.63, 3.8) is 0 Å². The third-order valence-electron chi connectivity index (χ3n) is 3.16. The zero-order valence-electron chi connectivity index (χ0n) is 11.7. The topological polar surface area (TPSA) is 72.2 Å². The molecule has 0 atom stereocenters. The molecule has 0 aliphatic carbocycles. The molecular weight excluding hydrogens is 324 g/mol. The summed E-state index contributed by atoms with van der Waals surface area (Å²) < 4.78 is 32.6. The van der Waals surface area contributed by atoms with Crippen molar-refractivity contribution in [3.05, 3.63) is 58.9 Å². The Labute approximate surface area is 133 Å². The first-order chi connectivity index (χ1) is 10.4. The van der Waals surface area contributed by atoms with Crippen molar-refractivity contribution in [2.75, 3.05) is 0 Å². The van der Waals surface area contributed by atoms with Crippen LogP contribution in [0.5, 0.6) is 0 Å². The van der Waals surface area contributed by atoms with Crippen molar-refractivity contribution in [1.82, 2.24) is 9.71 Å². The van der Waals surface area contributed by atoms with E-state index in [-0.39, 0.29) is 11.4 Å². The van der Waals surface area contributed by atoms with Crippen LogP contribution in [-0.4, -0.2) is 13.4 Å². The van der Waals surface area contributed by atoms with Crippen molar-refractivity contribution in [1.29, 1.82) is 0 Å². The molecule has 1 N–H and O–H groups in total. The molecule has 0 aliphatic rings. The van der Waals surface area contributed by atoms with E-state index in [9.17, 15) is 8.42 Å². The molecule has 0 aliphatic heterocycles. The molecule has 0 radical (unpaired) electrons. The highest BCUT2D eigenvalue weighted by Gasteiger charge is 2.15. The Morgan fingerprint density at radius 2 is 1.91 bits per heavy atom. The molecular formula is C15H13ClN2O3S. The monoisotopic (exact) mass is 336 g/mol. The lowest BCUT2D eigenvalue weighted by Crippen LogP contribution is -2.23. The van der Waals surface area contributed by atoms with Gasteiger partial charge in [-0.1, -0.05) is 23.7 Å². The van der Waals surface area contributed by atoms with Crippen LogP contribution in [0.15, 0.2) is 51.8 Å². The first-order valence-corrected chi connectivity index (χ1v) is 8.41. The van der Waals surface area contributed by atoms with Gasteiger partial charge in [0.1, 0.15) is 5.52 Å². The van der Waals surface area contributed by atoms with Crippen LogP contribution in [-0.2, 0) is 16.6 Å². The Bertz CT molecular complexity index is 918. The molecule has 2 aromatic carbocycles. The second kappa shape index (κ2) is 5.72. The molecule has 22 heavy (non-hydrogen) atoms. The first kappa shape index (κ1) is 15.0. The number of aromatic nitrogens is 1. The van der Waals surface area contributed by atoms with E-state index in [0.717, 1.165) is 5.56 Å². The molecule has 3 aromatic rings.